The van der Waals surface area contributed by atoms with Gasteiger partial charge in [0, 0.05) is 29.4 Å². The first kappa shape index (κ1) is 18.7. The van der Waals surface area contributed by atoms with Crippen LogP contribution >= 0.6 is 11.6 Å². The number of benzene rings is 1. The van der Waals surface area contributed by atoms with Gasteiger partial charge in [-0.25, -0.2) is 0 Å². The minimum absolute atomic E-state index is 0.302. The lowest BCUT2D eigenvalue weighted by molar-refractivity contribution is -0.111. The highest BCUT2D eigenvalue weighted by Gasteiger charge is 2.11. The van der Waals surface area contributed by atoms with Crippen LogP contribution in [-0.4, -0.2) is 21.6 Å². The zero-order valence-electron chi connectivity index (χ0n) is 14.3. The molecule has 6 nitrogen and oxygen atoms in total. The molecule has 2 aromatic rings. The monoisotopic (exact) mass is 360 g/mol. The molecular formula is C18H21ClN4O2. The molecule has 0 saturated carbocycles. The van der Waals surface area contributed by atoms with Crippen molar-refractivity contribution in [1.29, 1.82) is 0 Å². The summed E-state index contributed by atoms with van der Waals surface area (Å²) in [5.41, 5.74) is 7.64. The van der Waals surface area contributed by atoms with Crippen LogP contribution in [0.2, 0.25) is 5.15 Å². The molecule has 0 radical (unpaired) electrons. The summed E-state index contributed by atoms with van der Waals surface area (Å²) >= 11 is 6.33. The molecule has 0 aliphatic heterocycles. The molecule has 7 heteroatoms. The number of halogens is 1. The number of carbonyl (C=O) groups excluding carboxylic acids is 2. The van der Waals surface area contributed by atoms with Crippen molar-refractivity contribution in [3.8, 4) is 0 Å². The second-order valence-corrected chi connectivity index (χ2v) is 5.99. The van der Waals surface area contributed by atoms with E-state index in [-0.39, 0.29) is 5.91 Å². The van der Waals surface area contributed by atoms with E-state index < -0.39 is 5.91 Å². The maximum absolute atomic E-state index is 12.0. The Morgan fingerprint density at radius 2 is 2.00 bits per heavy atom. The van der Waals surface area contributed by atoms with Gasteiger partial charge in [0.25, 0.3) is 0 Å². The van der Waals surface area contributed by atoms with E-state index in [0.717, 1.165) is 30.6 Å². The van der Waals surface area contributed by atoms with Crippen LogP contribution in [0.4, 0.5) is 5.69 Å². The van der Waals surface area contributed by atoms with E-state index in [2.05, 4.69) is 17.3 Å². The third-order valence-corrected chi connectivity index (χ3v) is 4.07. The predicted molar refractivity (Wildman–Crippen MR) is 99.5 cm³/mol. The predicted octanol–water partition coefficient (Wildman–Crippen LogP) is 3.40. The molecule has 0 unspecified atom stereocenters. The van der Waals surface area contributed by atoms with Crippen molar-refractivity contribution in [2.45, 2.75) is 33.2 Å². The maximum atomic E-state index is 12.0. The Morgan fingerprint density at radius 3 is 2.60 bits per heavy atom. The van der Waals surface area contributed by atoms with E-state index in [9.17, 15) is 9.59 Å². The summed E-state index contributed by atoms with van der Waals surface area (Å²) in [6.45, 7) is 4.71. The van der Waals surface area contributed by atoms with Gasteiger partial charge in [-0.05, 0) is 43.7 Å². The fourth-order valence-electron chi connectivity index (χ4n) is 2.27. The molecule has 1 aromatic heterocycles. The molecule has 3 N–H and O–H groups in total. The van der Waals surface area contributed by atoms with Crippen LogP contribution in [0.3, 0.4) is 0 Å². The van der Waals surface area contributed by atoms with Crippen LogP contribution in [-0.2, 0) is 11.3 Å². The smallest absolute Gasteiger partial charge is 0.248 e. The number of nitrogens with zero attached hydrogens (tertiary/aromatic N) is 2. The van der Waals surface area contributed by atoms with Crippen molar-refractivity contribution in [1.82, 2.24) is 9.78 Å². The molecule has 0 aliphatic carbocycles. The largest absolute Gasteiger partial charge is 0.366 e. The van der Waals surface area contributed by atoms with Crippen LogP contribution in [0.25, 0.3) is 6.08 Å². The van der Waals surface area contributed by atoms with Crippen LogP contribution in [0, 0.1) is 6.92 Å². The van der Waals surface area contributed by atoms with Crippen molar-refractivity contribution < 1.29 is 9.59 Å². The Kier molecular flexibility index (Phi) is 6.36. The molecule has 0 bridgehead atoms. The lowest BCUT2D eigenvalue weighted by Crippen LogP contribution is -2.11. The van der Waals surface area contributed by atoms with Crippen LogP contribution in [0.1, 0.15) is 41.4 Å². The van der Waals surface area contributed by atoms with Gasteiger partial charge in [-0.2, -0.15) is 5.10 Å². The van der Waals surface area contributed by atoms with Crippen LogP contribution in [0.5, 0.6) is 0 Å². The van der Waals surface area contributed by atoms with E-state index in [1.807, 2.05) is 6.92 Å². The fraction of sp³-hybridized carbons (Fsp3) is 0.278. The molecule has 0 spiro atoms. The number of aromatic nitrogens is 2. The summed E-state index contributed by atoms with van der Waals surface area (Å²) in [7, 11) is 0. The van der Waals surface area contributed by atoms with Gasteiger partial charge in [0.05, 0.1) is 5.69 Å². The van der Waals surface area contributed by atoms with Gasteiger partial charge in [0.2, 0.25) is 11.8 Å². The highest BCUT2D eigenvalue weighted by molar-refractivity contribution is 6.31. The van der Waals surface area contributed by atoms with E-state index >= 15 is 0 Å². The van der Waals surface area contributed by atoms with Gasteiger partial charge >= 0.3 is 0 Å². The first-order valence-electron chi connectivity index (χ1n) is 8.04. The van der Waals surface area contributed by atoms with Crippen LogP contribution in [0.15, 0.2) is 30.3 Å². The normalized spacial score (nSPS) is 11.0. The number of aryl methyl sites for hydroxylation is 2. The highest BCUT2D eigenvalue weighted by atomic mass is 35.5. The molecule has 25 heavy (non-hydrogen) atoms. The van der Waals surface area contributed by atoms with Gasteiger partial charge in [-0.3, -0.25) is 14.3 Å². The van der Waals surface area contributed by atoms with E-state index in [4.69, 9.17) is 17.3 Å². The second-order valence-electron chi connectivity index (χ2n) is 5.63. The van der Waals surface area contributed by atoms with Crippen molar-refractivity contribution in [2.24, 2.45) is 5.73 Å². The Bertz CT molecular complexity index is 794. The number of anilines is 1. The van der Waals surface area contributed by atoms with Crippen molar-refractivity contribution in [3.05, 3.63) is 52.3 Å². The molecule has 0 saturated heterocycles. The average Bonchev–Trinajstić information content (AvgIpc) is 2.85. The number of unbranched alkanes of at least 4 members (excludes halogenated alkanes) is 1. The van der Waals surface area contributed by atoms with Crippen molar-refractivity contribution in [3.63, 3.8) is 0 Å². The molecule has 0 fully saturated rings. The van der Waals surface area contributed by atoms with Gasteiger partial charge in [-0.15, -0.1) is 0 Å². The summed E-state index contributed by atoms with van der Waals surface area (Å²) in [5.74, 6) is -0.813. The molecule has 0 atom stereocenters. The summed E-state index contributed by atoms with van der Waals surface area (Å²) < 4.78 is 1.75. The van der Waals surface area contributed by atoms with Crippen molar-refractivity contribution in [2.75, 3.05) is 5.32 Å². The number of carbonyl (C=O) groups is 2. The van der Waals surface area contributed by atoms with Crippen LogP contribution < -0.4 is 11.1 Å². The molecule has 2 rings (SSSR count). The Morgan fingerprint density at radius 1 is 1.32 bits per heavy atom. The Labute approximate surface area is 151 Å². The Balaban J connectivity index is 2.05. The summed E-state index contributed by atoms with van der Waals surface area (Å²) in [6, 6.07) is 6.35. The summed E-state index contributed by atoms with van der Waals surface area (Å²) in [6.07, 6.45) is 5.10. The third kappa shape index (κ3) is 4.93. The quantitative estimate of drug-likeness (QED) is 0.741. The number of hydrogen-bond donors (Lipinski definition) is 2. The van der Waals surface area contributed by atoms with E-state index in [0.29, 0.717) is 16.4 Å². The molecule has 0 aliphatic rings. The molecule has 1 aromatic carbocycles. The number of primary amides is 1. The molecular weight excluding hydrogens is 340 g/mol. The van der Waals surface area contributed by atoms with Gasteiger partial charge in [0.15, 0.2) is 0 Å². The lowest BCUT2D eigenvalue weighted by Gasteiger charge is -2.03. The molecule has 132 valence electrons. The fourth-order valence-corrected chi connectivity index (χ4v) is 2.60. The summed E-state index contributed by atoms with van der Waals surface area (Å²) in [5, 5.41) is 7.63. The summed E-state index contributed by atoms with van der Waals surface area (Å²) in [4.78, 5) is 23.1. The standard InChI is InChI=1S/C18H21ClN4O2/c1-3-4-11-23-17(19)15(12(2)22-23)9-10-16(24)21-14-7-5-13(6-8-14)18(20)25/h5-10H,3-4,11H2,1-2H3,(H2,20,25)(H,21,24)/b10-9+. The highest BCUT2D eigenvalue weighted by Crippen LogP contribution is 2.22. The topological polar surface area (TPSA) is 90.0 Å². The minimum Gasteiger partial charge on any atom is -0.366 e. The number of nitrogens with two attached hydrogens (primary N) is 1. The first-order valence-corrected chi connectivity index (χ1v) is 8.42. The van der Waals surface area contributed by atoms with E-state index in [1.165, 1.54) is 6.08 Å². The third-order valence-electron chi connectivity index (χ3n) is 3.67. The lowest BCUT2D eigenvalue weighted by atomic mass is 10.2. The molecule has 1 heterocycles. The van der Waals surface area contributed by atoms with Gasteiger partial charge in [-0.1, -0.05) is 24.9 Å². The number of amides is 2. The van der Waals surface area contributed by atoms with Gasteiger partial charge < -0.3 is 11.1 Å². The minimum atomic E-state index is -0.511. The number of nitrogens with one attached hydrogen (secondary N) is 1. The second kappa shape index (κ2) is 8.48. The first-order chi connectivity index (χ1) is 11.9. The maximum Gasteiger partial charge on any atom is 0.248 e. The van der Waals surface area contributed by atoms with Gasteiger partial charge in [0.1, 0.15) is 5.15 Å². The van der Waals surface area contributed by atoms with Crippen molar-refractivity contribution >= 4 is 35.2 Å². The average molecular weight is 361 g/mol. The number of rotatable bonds is 7. The zero-order chi connectivity index (χ0) is 18.4. The SMILES string of the molecule is CCCCn1nc(C)c(/C=C/C(=O)Nc2ccc(C(N)=O)cc2)c1Cl. The van der Waals surface area contributed by atoms with E-state index in [1.54, 1.807) is 35.0 Å². The molecule has 2 amide bonds. The zero-order valence-corrected chi connectivity index (χ0v) is 15.0. The Hall–Kier alpha value is -2.60. The number of hydrogen-bond acceptors (Lipinski definition) is 3.